The number of piperidine rings is 3. The first-order valence-corrected chi connectivity index (χ1v) is 18.7. The van der Waals surface area contributed by atoms with Crippen LogP contribution in [0.15, 0.2) is 59.0 Å². The Bertz CT molecular complexity index is 2200. The molecular weight excluding hydrogens is 675 g/mol. The predicted octanol–water partition coefficient (Wildman–Crippen LogP) is 2.66. The van der Waals surface area contributed by atoms with E-state index in [1.54, 1.807) is 29.6 Å². The van der Waals surface area contributed by atoms with Gasteiger partial charge in [0.15, 0.2) is 0 Å². The van der Waals surface area contributed by atoms with Gasteiger partial charge in [0.25, 0.3) is 5.91 Å². The van der Waals surface area contributed by atoms with E-state index in [0.717, 1.165) is 72.2 Å². The van der Waals surface area contributed by atoms with Gasteiger partial charge in [-0.25, -0.2) is 14.2 Å². The third-order valence-electron chi connectivity index (χ3n) is 11.6. The smallest absolute Gasteiger partial charge is 0.318 e. The average molecular weight is 721 g/mol. The highest BCUT2D eigenvalue weighted by Crippen LogP contribution is 2.30. The molecule has 4 amide bonds. The van der Waals surface area contributed by atoms with Gasteiger partial charge >= 0.3 is 6.03 Å². The minimum Gasteiger partial charge on any atom is -0.341 e. The molecule has 276 valence electrons. The number of hydrogen-bond donors (Lipinski definition) is 2. The summed E-state index contributed by atoms with van der Waals surface area (Å²) in [4.78, 5) is 51.3. The van der Waals surface area contributed by atoms with Crippen LogP contribution < -0.4 is 15.9 Å². The standard InChI is InChI=1S/C39H45FN10O3/c1-24-17-25(18-29-22-41-45-35(24)29)19-34(38(52)49-15-9-31(10-16-49)48-11-7-27(8-12-48)36-46-42-23-47(36)2)44-39(53)50-13-5-26(6-14-50)32-20-28-3-4-30(40)21-33(28)43-37(32)51/h3-4,17-18,20-23,27,31,34H,5-16,19H2,1-2H3,(H,41,45)(H,44,53)/t34-/m1/s1. The van der Waals surface area contributed by atoms with Gasteiger partial charge in [0.1, 0.15) is 24.0 Å². The van der Waals surface area contributed by atoms with Crippen molar-refractivity contribution in [1.82, 2.24) is 45.0 Å². The molecule has 2 aromatic heterocycles. The number of amides is 4. The minimum absolute atomic E-state index is 0.0679. The summed E-state index contributed by atoms with van der Waals surface area (Å²) in [6.45, 7) is 6.12. The van der Waals surface area contributed by atoms with Gasteiger partial charge in [-0.2, -0.15) is 5.10 Å². The maximum atomic E-state index is 14.3. The van der Waals surface area contributed by atoms with E-state index < -0.39 is 11.9 Å². The fraction of sp³-hybridized carbons (Fsp3) is 0.462. The number of carbonyl (C=O) groups excluding carboxylic acids is 3. The van der Waals surface area contributed by atoms with Crippen LogP contribution in [0.1, 0.15) is 61.4 Å². The summed E-state index contributed by atoms with van der Waals surface area (Å²) in [6, 6.07) is 7.72. The SMILES string of the molecule is Cc1cc(C[C@@H](NC(=O)N2CCC(=C3C=c4ccc(F)cc4=NC3=O)CC2)C(=O)N2CCC(N3CCC(c4nncn4C)CC3)CC2)cc2cn[nH]c12. The van der Waals surface area contributed by atoms with E-state index >= 15 is 0 Å². The number of benzene rings is 2. The molecule has 3 saturated heterocycles. The highest BCUT2D eigenvalue weighted by molar-refractivity contribution is 6.04. The summed E-state index contributed by atoms with van der Waals surface area (Å²) >= 11 is 0. The number of H-pyrrole nitrogens is 1. The van der Waals surface area contributed by atoms with Crippen LogP contribution in [0.25, 0.3) is 17.0 Å². The summed E-state index contributed by atoms with van der Waals surface area (Å²) in [7, 11) is 2.00. The van der Waals surface area contributed by atoms with Crippen molar-refractivity contribution in [3.8, 4) is 0 Å². The number of halogens is 1. The number of fused-ring (bicyclic) bond motifs is 2. The molecule has 0 radical (unpaired) electrons. The molecule has 0 unspecified atom stereocenters. The molecule has 14 heteroatoms. The van der Waals surface area contributed by atoms with Gasteiger partial charge in [-0.15, -0.1) is 10.2 Å². The van der Waals surface area contributed by atoms with Crippen molar-refractivity contribution in [3.05, 3.63) is 87.3 Å². The lowest BCUT2D eigenvalue weighted by molar-refractivity contribution is -0.135. The van der Waals surface area contributed by atoms with E-state index in [9.17, 15) is 18.8 Å². The molecule has 6 heterocycles. The molecular formula is C39H45FN10O3. The Balaban J connectivity index is 0.928. The maximum absolute atomic E-state index is 14.3. The monoisotopic (exact) mass is 720 g/mol. The van der Waals surface area contributed by atoms with Crippen molar-refractivity contribution in [2.24, 2.45) is 12.0 Å². The van der Waals surface area contributed by atoms with Gasteiger partial charge in [0.2, 0.25) is 5.91 Å². The second kappa shape index (κ2) is 14.6. The zero-order chi connectivity index (χ0) is 36.6. The van der Waals surface area contributed by atoms with Crippen molar-refractivity contribution in [1.29, 1.82) is 0 Å². The minimum atomic E-state index is -0.742. The Morgan fingerprint density at radius 3 is 2.51 bits per heavy atom. The van der Waals surface area contributed by atoms with Crippen molar-refractivity contribution in [2.45, 2.75) is 69.9 Å². The van der Waals surface area contributed by atoms with Gasteiger partial charge < -0.3 is 24.6 Å². The normalized spacial score (nSPS) is 19.6. The predicted molar refractivity (Wildman–Crippen MR) is 195 cm³/mol. The molecule has 13 nitrogen and oxygen atoms in total. The second-order valence-electron chi connectivity index (χ2n) is 14.9. The molecule has 4 aromatic rings. The van der Waals surface area contributed by atoms with E-state index in [2.05, 4.69) is 41.7 Å². The lowest BCUT2D eigenvalue weighted by atomic mass is 9.92. The van der Waals surface area contributed by atoms with Crippen molar-refractivity contribution in [3.63, 3.8) is 0 Å². The molecule has 8 rings (SSSR count). The number of rotatable bonds is 6. The molecule has 2 N–H and O–H groups in total. The lowest BCUT2D eigenvalue weighted by Gasteiger charge is -2.42. The molecule has 0 bridgehead atoms. The Kier molecular flexibility index (Phi) is 9.62. The summed E-state index contributed by atoms with van der Waals surface area (Å²) in [5.74, 6) is 0.587. The Morgan fingerprint density at radius 1 is 1.00 bits per heavy atom. The molecule has 0 saturated carbocycles. The van der Waals surface area contributed by atoms with Crippen molar-refractivity contribution < 1.29 is 18.8 Å². The highest BCUT2D eigenvalue weighted by atomic mass is 19.1. The van der Waals surface area contributed by atoms with Gasteiger partial charge in [-0.1, -0.05) is 11.6 Å². The first-order valence-electron chi connectivity index (χ1n) is 18.7. The molecule has 0 spiro atoms. The van der Waals surface area contributed by atoms with Gasteiger partial charge in [-0.05, 0) is 93.9 Å². The van der Waals surface area contributed by atoms with Crippen LogP contribution >= 0.6 is 0 Å². The van der Waals surface area contributed by atoms with Crippen LogP contribution in [0.3, 0.4) is 0 Å². The van der Waals surface area contributed by atoms with Gasteiger partial charge in [0.05, 0.1) is 17.1 Å². The molecule has 4 aliphatic rings. The number of aromatic nitrogens is 5. The molecule has 1 atom stereocenters. The van der Waals surface area contributed by atoms with Crippen LogP contribution in [0.4, 0.5) is 9.18 Å². The number of carbonyl (C=O) groups is 3. The molecule has 3 fully saturated rings. The number of nitrogens with one attached hydrogen (secondary N) is 2. The largest absolute Gasteiger partial charge is 0.341 e. The third kappa shape index (κ3) is 7.24. The first-order chi connectivity index (χ1) is 25.7. The number of aromatic amines is 1. The number of nitrogens with zero attached hydrogens (tertiary/aromatic N) is 8. The molecule has 53 heavy (non-hydrogen) atoms. The van der Waals surface area contributed by atoms with Crippen molar-refractivity contribution in [2.75, 3.05) is 39.3 Å². The highest BCUT2D eigenvalue weighted by Gasteiger charge is 2.35. The Labute approximate surface area is 306 Å². The molecule has 2 aromatic carbocycles. The zero-order valence-corrected chi connectivity index (χ0v) is 30.2. The first kappa shape index (κ1) is 34.8. The van der Waals surface area contributed by atoms with Crippen LogP contribution in [0.2, 0.25) is 0 Å². The second-order valence-corrected chi connectivity index (χ2v) is 14.9. The third-order valence-corrected chi connectivity index (χ3v) is 11.6. The average Bonchev–Trinajstić information content (AvgIpc) is 3.83. The zero-order valence-electron chi connectivity index (χ0n) is 30.2. The summed E-state index contributed by atoms with van der Waals surface area (Å²) in [5, 5.41) is 20.7. The number of urea groups is 1. The number of likely N-dealkylation sites (tertiary alicyclic amines) is 3. The summed E-state index contributed by atoms with van der Waals surface area (Å²) < 4.78 is 15.7. The van der Waals surface area contributed by atoms with Crippen molar-refractivity contribution >= 4 is 34.8 Å². The topological polar surface area (TPSA) is 145 Å². The number of hydrogen-bond acceptors (Lipinski definition) is 7. The van der Waals surface area contributed by atoms with E-state index in [-0.39, 0.29) is 17.8 Å². The van der Waals surface area contributed by atoms with Crippen LogP contribution in [0.5, 0.6) is 0 Å². The van der Waals surface area contributed by atoms with E-state index in [1.165, 1.54) is 12.1 Å². The summed E-state index contributed by atoms with van der Waals surface area (Å²) in [6.07, 6.45) is 10.6. The number of aryl methyl sites for hydroxylation is 2. The Hall–Kier alpha value is -5.24. The van der Waals surface area contributed by atoms with Crippen LogP contribution in [-0.2, 0) is 23.1 Å². The van der Waals surface area contributed by atoms with Crippen LogP contribution in [0, 0.1) is 12.7 Å². The van der Waals surface area contributed by atoms with Gasteiger partial charge in [-0.3, -0.25) is 14.7 Å². The maximum Gasteiger partial charge on any atom is 0.318 e. The quantitative estimate of drug-likeness (QED) is 0.292. The van der Waals surface area contributed by atoms with E-state index in [4.69, 9.17) is 0 Å². The van der Waals surface area contributed by atoms with Gasteiger partial charge in [0, 0.05) is 73.9 Å². The summed E-state index contributed by atoms with van der Waals surface area (Å²) in [5.41, 5.74) is 4.38. The molecule has 0 aliphatic carbocycles. The Morgan fingerprint density at radius 2 is 1.77 bits per heavy atom. The fourth-order valence-electron chi connectivity index (χ4n) is 8.59. The van der Waals surface area contributed by atoms with Crippen LogP contribution in [-0.4, -0.2) is 109 Å². The van der Waals surface area contributed by atoms with E-state index in [0.29, 0.717) is 73.6 Å². The molecule has 4 aliphatic heterocycles. The van der Waals surface area contributed by atoms with E-state index in [1.807, 2.05) is 29.5 Å². The lowest BCUT2D eigenvalue weighted by Crippen LogP contribution is -2.56. The fourth-order valence-corrected chi connectivity index (χ4v) is 8.59.